The van der Waals surface area contributed by atoms with Gasteiger partial charge in [0.05, 0.1) is 16.9 Å². The van der Waals surface area contributed by atoms with Crippen LogP contribution in [0.15, 0.2) is 54.6 Å². The van der Waals surface area contributed by atoms with Crippen molar-refractivity contribution < 1.29 is 18.7 Å². The van der Waals surface area contributed by atoms with E-state index in [4.69, 9.17) is 16.3 Å². The van der Waals surface area contributed by atoms with E-state index in [0.717, 1.165) is 21.6 Å². The fourth-order valence-corrected chi connectivity index (χ4v) is 4.08. The Kier molecular flexibility index (Phi) is 5.17. The molecule has 0 saturated heterocycles. The van der Waals surface area contributed by atoms with Gasteiger partial charge in [0.25, 0.3) is 0 Å². The van der Waals surface area contributed by atoms with Gasteiger partial charge < -0.3 is 4.74 Å². The van der Waals surface area contributed by atoms with Gasteiger partial charge in [0, 0.05) is 10.4 Å². The summed E-state index contributed by atoms with van der Waals surface area (Å²) in [5, 5.41) is 5.94. The third-order valence-corrected chi connectivity index (χ3v) is 5.67. The Balaban J connectivity index is 1.56. The Bertz CT molecular complexity index is 1230. The molecule has 0 N–H and O–H groups in total. The van der Waals surface area contributed by atoms with Gasteiger partial charge in [-0.1, -0.05) is 23.7 Å². The van der Waals surface area contributed by atoms with Crippen LogP contribution in [-0.4, -0.2) is 28.1 Å². The lowest BCUT2D eigenvalue weighted by molar-refractivity contribution is 0.0478. The smallest absolute Gasteiger partial charge is 0.348 e. The first-order chi connectivity index (χ1) is 13.9. The average molecular weight is 429 g/mol. The summed E-state index contributed by atoms with van der Waals surface area (Å²) in [5.41, 5.74) is 1.46. The predicted molar refractivity (Wildman–Crippen MR) is 110 cm³/mol. The number of hydrogen-bond acceptors (Lipinski definition) is 5. The van der Waals surface area contributed by atoms with Gasteiger partial charge in [-0.15, -0.1) is 11.3 Å². The average Bonchev–Trinajstić information content (AvgIpc) is 3.28. The molecule has 146 valence electrons. The highest BCUT2D eigenvalue weighted by Gasteiger charge is 2.20. The molecule has 0 bridgehead atoms. The monoisotopic (exact) mass is 428 g/mol. The molecule has 29 heavy (non-hydrogen) atoms. The standard InChI is InChI=1S/C21H14ClFN2O3S/c1-12-16-10-19(21(27)28-11-18(26)15-4-2-3-5-17(15)23)29-20(16)25(24-12)14-8-6-13(22)7-9-14/h2-10H,11H2,1H3. The quantitative estimate of drug-likeness (QED) is 0.322. The highest BCUT2D eigenvalue weighted by molar-refractivity contribution is 7.20. The molecule has 2 aromatic heterocycles. The van der Waals surface area contributed by atoms with Crippen molar-refractivity contribution >= 4 is 44.9 Å². The molecule has 0 aliphatic heterocycles. The summed E-state index contributed by atoms with van der Waals surface area (Å²) >= 11 is 7.15. The van der Waals surface area contributed by atoms with Gasteiger partial charge in [-0.25, -0.2) is 13.9 Å². The third-order valence-electron chi connectivity index (χ3n) is 4.33. The first kappa shape index (κ1) is 19.3. The molecular weight excluding hydrogens is 415 g/mol. The molecule has 8 heteroatoms. The minimum atomic E-state index is -0.644. The normalized spacial score (nSPS) is 11.0. The molecular formula is C21H14ClFN2O3S. The van der Waals surface area contributed by atoms with E-state index in [0.29, 0.717) is 9.90 Å². The number of esters is 1. The van der Waals surface area contributed by atoms with Crippen molar-refractivity contribution in [1.29, 1.82) is 0 Å². The zero-order chi connectivity index (χ0) is 20.5. The number of aromatic nitrogens is 2. The highest BCUT2D eigenvalue weighted by Crippen LogP contribution is 2.31. The zero-order valence-corrected chi connectivity index (χ0v) is 16.8. The van der Waals surface area contributed by atoms with Crippen LogP contribution < -0.4 is 0 Å². The van der Waals surface area contributed by atoms with Crippen molar-refractivity contribution in [1.82, 2.24) is 9.78 Å². The van der Waals surface area contributed by atoms with Crippen LogP contribution in [0.1, 0.15) is 25.7 Å². The molecule has 0 atom stereocenters. The lowest BCUT2D eigenvalue weighted by atomic mass is 10.1. The van der Waals surface area contributed by atoms with E-state index in [1.165, 1.54) is 29.5 Å². The van der Waals surface area contributed by atoms with Crippen molar-refractivity contribution in [2.24, 2.45) is 0 Å². The van der Waals surface area contributed by atoms with Crippen LogP contribution >= 0.6 is 22.9 Å². The summed E-state index contributed by atoms with van der Waals surface area (Å²) in [6, 6.07) is 14.5. The van der Waals surface area contributed by atoms with E-state index >= 15 is 0 Å². The fraction of sp³-hybridized carbons (Fsp3) is 0.0952. The maximum Gasteiger partial charge on any atom is 0.348 e. The molecule has 0 spiro atoms. The Morgan fingerprint density at radius 1 is 1.17 bits per heavy atom. The predicted octanol–water partition coefficient (Wildman–Crippen LogP) is 5.23. The van der Waals surface area contributed by atoms with E-state index in [9.17, 15) is 14.0 Å². The summed E-state index contributed by atoms with van der Waals surface area (Å²) in [6.45, 7) is 1.31. The van der Waals surface area contributed by atoms with Crippen molar-refractivity contribution in [3.05, 3.63) is 81.6 Å². The minimum absolute atomic E-state index is 0.106. The SMILES string of the molecule is Cc1nn(-c2ccc(Cl)cc2)c2sc(C(=O)OCC(=O)c3ccccc3F)cc12. The molecule has 0 fully saturated rings. The summed E-state index contributed by atoms with van der Waals surface area (Å²) in [6.07, 6.45) is 0. The number of halogens is 2. The second-order valence-electron chi connectivity index (χ2n) is 6.28. The van der Waals surface area contributed by atoms with E-state index in [1.54, 1.807) is 28.9 Å². The van der Waals surface area contributed by atoms with Crippen molar-refractivity contribution in [3.63, 3.8) is 0 Å². The maximum absolute atomic E-state index is 13.7. The summed E-state index contributed by atoms with van der Waals surface area (Å²) in [4.78, 5) is 25.7. The summed E-state index contributed by atoms with van der Waals surface area (Å²) in [5.74, 6) is -1.88. The molecule has 0 unspecified atom stereocenters. The minimum Gasteiger partial charge on any atom is -0.453 e. The number of ether oxygens (including phenoxy) is 1. The number of ketones is 1. The molecule has 0 aliphatic rings. The lowest BCUT2D eigenvalue weighted by Crippen LogP contribution is -2.14. The van der Waals surface area contributed by atoms with Crippen LogP contribution in [-0.2, 0) is 4.74 Å². The number of nitrogens with zero attached hydrogens (tertiary/aromatic N) is 2. The van der Waals surface area contributed by atoms with E-state index in [2.05, 4.69) is 5.10 Å². The molecule has 5 nitrogen and oxygen atoms in total. The molecule has 0 radical (unpaired) electrons. The number of Topliss-reactive ketones (excluding diaryl/α,β-unsaturated/α-hetero) is 1. The largest absolute Gasteiger partial charge is 0.453 e. The second-order valence-corrected chi connectivity index (χ2v) is 7.75. The Morgan fingerprint density at radius 3 is 2.62 bits per heavy atom. The summed E-state index contributed by atoms with van der Waals surface area (Å²) < 4.78 is 20.5. The number of thiophene rings is 1. The zero-order valence-electron chi connectivity index (χ0n) is 15.2. The second kappa shape index (κ2) is 7.77. The molecule has 2 aromatic carbocycles. The fourth-order valence-electron chi connectivity index (χ4n) is 2.87. The Morgan fingerprint density at radius 2 is 1.90 bits per heavy atom. The van der Waals surface area contributed by atoms with Gasteiger partial charge in [0.1, 0.15) is 15.5 Å². The van der Waals surface area contributed by atoms with Crippen molar-refractivity contribution in [2.45, 2.75) is 6.92 Å². The molecule has 0 saturated carbocycles. The topological polar surface area (TPSA) is 61.2 Å². The van der Waals surface area contributed by atoms with Gasteiger partial charge in [-0.3, -0.25) is 4.79 Å². The van der Waals surface area contributed by atoms with Crippen LogP contribution in [0.5, 0.6) is 0 Å². The first-order valence-electron chi connectivity index (χ1n) is 8.64. The van der Waals surface area contributed by atoms with Crippen LogP contribution in [0.25, 0.3) is 15.9 Å². The van der Waals surface area contributed by atoms with Gasteiger partial charge >= 0.3 is 5.97 Å². The van der Waals surface area contributed by atoms with Gasteiger partial charge in [-0.2, -0.15) is 5.10 Å². The van der Waals surface area contributed by atoms with E-state index in [1.807, 2.05) is 19.1 Å². The maximum atomic E-state index is 13.7. The van der Waals surface area contributed by atoms with Gasteiger partial charge in [0.2, 0.25) is 5.78 Å². The van der Waals surface area contributed by atoms with Crippen LogP contribution in [0.4, 0.5) is 4.39 Å². The number of fused-ring (bicyclic) bond motifs is 1. The van der Waals surface area contributed by atoms with Crippen LogP contribution in [0.2, 0.25) is 5.02 Å². The van der Waals surface area contributed by atoms with Crippen LogP contribution in [0, 0.1) is 12.7 Å². The number of carbonyl (C=O) groups is 2. The lowest BCUT2D eigenvalue weighted by Gasteiger charge is -2.04. The number of benzene rings is 2. The van der Waals surface area contributed by atoms with Crippen LogP contribution in [0.3, 0.4) is 0 Å². The van der Waals surface area contributed by atoms with Gasteiger partial charge in [-0.05, 0) is 49.4 Å². The molecule has 4 rings (SSSR count). The van der Waals surface area contributed by atoms with Gasteiger partial charge in [0.15, 0.2) is 6.61 Å². The molecule has 0 amide bonds. The number of rotatable bonds is 5. The van der Waals surface area contributed by atoms with Crippen molar-refractivity contribution in [2.75, 3.05) is 6.61 Å². The number of aryl methyl sites for hydroxylation is 1. The van der Waals surface area contributed by atoms with Crippen molar-refractivity contribution in [3.8, 4) is 5.69 Å². The summed E-state index contributed by atoms with van der Waals surface area (Å²) in [7, 11) is 0. The van der Waals surface area contributed by atoms with E-state index in [-0.39, 0.29) is 5.56 Å². The number of hydrogen-bond donors (Lipinski definition) is 0. The number of carbonyl (C=O) groups excluding carboxylic acids is 2. The third kappa shape index (κ3) is 3.79. The first-order valence-corrected chi connectivity index (χ1v) is 9.83. The molecule has 2 heterocycles. The van der Waals surface area contributed by atoms with E-state index < -0.39 is 24.2 Å². The Hall–Kier alpha value is -3.03. The molecule has 0 aliphatic carbocycles. The Labute approximate surface area is 174 Å². The molecule has 4 aromatic rings. The highest BCUT2D eigenvalue weighted by atomic mass is 35.5.